The molecule has 0 saturated carbocycles. The van der Waals surface area contributed by atoms with Gasteiger partial charge in [-0.3, -0.25) is 0 Å². The first-order valence-electron chi connectivity index (χ1n) is 6.41. The monoisotopic (exact) mass is 235 g/mol. The van der Waals surface area contributed by atoms with Gasteiger partial charge in [-0.25, -0.2) is 4.39 Å². The number of aryl methyl sites for hydroxylation is 1. The Morgan fingerprint density at radius 1 is 1.53 bits per heavy atom. The summed E-state index contributed by atoms with van der Waals surface area (Å²) in [5, 5.41) is 3.46. The summed E-state index contributed by atoms with van der Waals surface area (Å²) in [6, 6.07) is 5.10. The minimum atomic E-state index is -0.206. The molecule has 0 aromatic heterocycles. The molecule has 3 heteroatoms. The number of fused-ring (bicyclic) bond motifs is 2. The van der Waals surface area contributed by atoms with Crippen molar-refractivity contribution in [3.05, 3.63) is 35.1 Å². The van der Waals surface area contributed by atoms with Gasteiger partial charge in [-0.05, 0) is 42.5 Å². The predicted molar refractivity (Wildman–Crippen MR) is 64.4 cm³/mol. The molecule has 1 aliphatic heterocycles. The lowest BCUT2D eigenvalue weighted by molar-refractivity contribution is -0.121. The molecule has 1 aromatic carbocycles. The summed E-state index contributed by atoms with van der Waals surface area (Å²) in [5.41, 5.74) is 2.09. The van der Waals surface area contributed by atoms with Crippen LogP contribution < -0.4 is 5.32 Å². The lowest BCUT2D eigenvalue weighted by Crippen LogP contribution is -2.50. The molecule has 17 heavy (non-hydrogen) atoms. The van der Waals surface area contributed by atoms with Crippen LogP contribution in [0.2, 0.25) is 0 Å². The number of rotatable bonds is 1. The van der Waals surface area contributed by atoms with Crippen LogP contribution in [0.4, 0.5) is 4.39 Å². The van der Waals surface area contributed by atoms with Crippen LogP contribution in [0.25, 0.3) is 0 Å². The molecule has 1 fully saturated rings. The van der Waals surface area contributed by atoms with E-state index in [0.717, 1.165) is 37.9 Å². The normalized spacial score (nSPS) is 31.8. The van der Waals surface area contributed by atoms with E-state index >= 15 is 0 Å². The highest BCUT2D eigenvalue weighted by atomic mass is 19.1. The Balaban J connectivity index is 1.96. The fraction of sp³-hybridized carbons (Fsp3) is 0.571. The Labute approximate surface area is 101 Å². The van der Waals surface area contributed by atoms with Gasteiger partial charge in [-0.15, -0.1) is 0 Å². The van der Waals surface area contributed by atoms with Crippen molar-refractivity contribution in [3.63, 3.8) is 0 Å². The van der Waals surface area contributed by atoms with E-state index in [1.165, 1.54) is 5.56 Å². The van der Waals surface area contributed by atoms with Crippen molar-refractivity contribution in [2.45, 2.75) is 37.9 Å². The fourth-order valence-corrected chi connectivity index (χ4v) is 3.06. The Morgan fingerprint density at radius 2 is 2.41 bits per heavy atom. The number of hydrogen-bond acceptors (Lipinski definition) is 2. The molecule has 0 radical (unpaired) electrons. The van der Waals surface area contributed by atoms with Gasteiger partial charge in [-0.1, -0.05) is 13.0 Å². The van der Waals surface area contributed by atoms with Crippen molar-refractivity contribution in [2.24, 2.45) is 0 Å². The number of ether oxygens (including phenoxy) is 1. The smallest absolute Gasteiger partial charge is 0.123 e. The van der Waals surface area contributed by atoms with Crippen LogP contribution >= 0.6 is 0 Å². The molecule has 1 saturated heterocycles. The minimum Gasteiger partial charge on any atom is -0.364 e. The molecule has 1 aliphatic carbocycles. The number of halogens is 1. The van der Waals surface area contributed by atoms with E-state index in [4.69, 9.17) is 4.74 Å². The molecule has 3 rings (SSSR count). The molecule has 2 aliphatic rings. The molecule has 92 valence electrons. The molecule has 0 bridgehead atoms. The molecule has 0 amide bonds. The van der Waals surface area contributed by atoms with Crippen LogP contribution in [0.15, 0.2) is 18.2 Å². The van der Waals surface area contributed by atoms with E-state index in [1.54, 1.807) is 12.1 Å². The lowest BCUT2D eigenvalue weighted by atomic mass is 9.93. The summed E-state index contributed by atoms with van der Waals surface area (Å²) in [7, 11) is 0. The van der Waals surface area contributed by atoms with Crippen LogP contribution in [-0.2, 0) is 16.8 Å². The van der Waals surface area contributed by atoms with E-state index in [-0.39, 0.29) is 17.5 Å². The summed E-state index contributed by atoms with van der Waals surface area (Å²) in [5.74, 6) is -0.142. The number of benzene rings is 1. The maximum Gasteiger partial charge on any atom is 0.123 e. The molecule has 2 nitrogen and oxygen atoms in total. The van der Waals surface area contributed by atoms with Crippen molar-refractivity contribution in [1.82, 2.24) is 5.32 Å². The van der Waals surface area contributed by atoms with Crippen LogP contribution in [-0.4, -0.2) is 19.2 Å². The fourth-order valence-electron chi connectivity index (χ4n) is 3.06. The van der Waals surface area contributed by atoms with Crippen molar-refractivity contribution in [3.8, 4) is 0 Å². The minimum absolute atomic E-state index is 0.142. The first-order chi connectivity index (χ1) is 8.23. The summed E-state index contributed by atoms with van der Waals surface area (Å²) in [6.07, 6.45) is 3.19. The summed E-state index contributed by atoms with van der Waals surface area (Å²) >= 11 is 0. The molecule has 1 heterocycles. The van der Waals surface area contributed by atoms with E-state index in [0.29, 0.717) is 0 Å². The third-order valence-electron chi connectivity index (χ3n) is 3.99. The van der Waals surface area contributed by atoms with Gasteiger partial charge in [0, 0.05) is 13.1 Å². The second-order valence-corrected chi connectivity index (χ2v) is 5.07. The van der Waals surface area contributed by atoms with Gasteiger partial charge in [0.1, 0.15) is 11.4 Å². The van der Waals surface area contributed by atoms with Crippen LogP contribution in [0.3, 0.4) is 0 Å². The van der Waals surface area contributed by atoms with Gasteiger partial charge in [0.25, 0.3) is 0 Å². The van der Waals surface area contributed by atoms with Crippen LogP contribution in [0.5, 0.6) is 0 Å². The largest absolute Gasteiger partial charge is 0.364 e. The van der Waals surface area contributed by atoms with Gasteiger partial charge in [-0.2, -0.15) is 0 Å². The van der Waals surface area contributed by atoms with E-state index in [9.17, 15) is 4.39 Å². The van der Waals surface area contributed by atoms with Gasteiger partial charge < -0.3 is 10.1 Å². The highest BCUT2D eigenvalue weighted by Crippen LogP contribution is 2.42. The highest BCUT2D eigenvalue weighted by molar-refractivity contribution is 5.38. The topological polar surface area (TPSA) is 21.3 Å². The van der Waals surface area contributed by atoms with Crippen LogP contribution in [0.1, 0.15) is 30.9 Å². The van der Waals surface area contributed by atoms with Crippen molar-refractivity contribution < 1.29 is 9.13 Å². The summed E-state index contributed by atoms with van der Waals surface area (Å²) in [6.45, 7) is 3.92. The maximum absolute atomic E-state index is 13.2. The zero-order valence-electron chi connectivity index (χ0n) is 10.1. The Hall–Kier alpha value is -0.930. The van der Waals surface area contributed by atoms with Crippen LogP contribution in [0, 0.1) is 5.82 Å². The van der Waals surface area contributed by atoms with Crippen molar-refractivity contribution in [2.75, 3.05) is 13.1 Å². The number of morpholine rings is 1. The number of nitrogens with one attached hydrogen (secondary N) is 1. The first-order valence-corrected chi connectivity index (χ1v) is 6.41. The Morgan fingerprint density at radius 3 is 3.24 bits per heavy atom. The van der Waals surface area contributed by atoms with Crippen molar-refractivity contribution >= 4 is 0 Å². The molecule has 1 aromatic rings. The molecule has 2 atom stereocenters. The third kappa shape index (κ3) is 1.78. The molecule has 2 unspecified atom stereocenters. The van der Waals surface area contributed by atoms with Gasteiger partial charge in [0.15, 0.2) is 0 Å². The SMILES string of the molecule is CCC1CNCC2(CCc3cc(F)ccc32)O1. The second kappa shape index (κ2) is 4.07. The summed E-state index contributed by atoms with van der Waals surface area (Å²) in [4.78, 5) is 0. The zero-order chi connectivity index (χ0) is 11.9. The zero-order valence-corrected chi connectivity index (χ0v) is 10.1. The molecular weight excluding hydrogens is 217 g/mol. The Bertz CT molecular complexity index is 434. The third-order valence-corrected chi connectivity index (χ3v) is 3.99. The standard InChI is InChI=1S/C14H18FNO/c1-2-12-8-16-9-14(17-12)6-5-10-7-11(15)3-4-13(10)14/h3-4,7,12,16H,2,5-6,8-9H2,1H3. The van der Waals surface area contributed by atoms with Gasteiger partial charge >= 0.3 is 0 Å². The number of hydrogen-bond donors (Lipinski definition) is 1. The molecule has 1 N–H and O–H groups in total. The lowest BCUT2D eigenvalue weighted by Gasteiger charge is -2.39. The average molecular weight is 235 g/mol. The Kier molecular flexibility index (Phi) is 2.68. The average Bonchev–Trinajstić information content (AvgIpc) is 2.68. The molecule has 1 spiro atoms. The summed E-state index contributed by atoms with van der Waals surface area (Å²) < 4.78 is 19.5. The maximum atomic E-state index is 13.2. The highest BCUT2D eigenvalue weighted by Gasteiger charge is 2.43. The van der Waals surface area contributed by atoms with Gasteiger partial charge in [0.2, 0.25) is 0 Å². The molecular formula is C14H18FNO. The quantitative estimate of drug-likeness (QED) is 0.807. The second-order valence-electron chi connectivity index (χ2n) is 5.07. The van der Waals surface area contributed by atoms with E-state index in [1.807, 2.05) is 6.07 Å². The van der Waals surface area contributed by atoms with Gasteiger partial charge in [0.05, 0.1) is 6.10 Å². The van der Waals surface area contributed by atoms with Crippen molar-refractivity contribution in [1.29, 1.82) is 0 Å². The van der Waals surface area contributed by atoms with E-state index in [2.05, 4.69) is 12.2 Å². The van der Waals surface area contributed by atoms with E-state index < -0.39 is 0 Å². The first kappa shape index (κ1) is 11.2. The predicted octanol–water partition coefficient (Wildman–Crippen LogP) is 2.37.